The molecule has 0 saturated carbocycles. The molecule has 1 aromatic carbocycles. The van der Waals surface area contributed by atoms with Gasteiger partial charge in [0.25, 0.3) is 0 Å². The maximum atomic E-state index is 2.56. The van der Waals surface area contributed by atoms with Gasteiger partial charge in [0.1, 0.15) is 0 Å². The monoisotopic (exact) mass is 216 g/mol. The van der Waals surface area contributed by atoms with Crippen LogP contribution in [0.2, 0.25) is 0 Å². The van der Waals surface area contributed by atoms with Crippen LogP contribution in [-0.4, -0.2) is 24.6 Å². The van der Waals surface area contributed by atoms with E-state index >= 15 is 0 Å². The minimum atomic E-state index is 1.21. The van der Waals surface area contributed by atoms with Crippen LogP contribution in [0.25, 0.3) is 0 Å². The van der Waals surface area contributed by atoms with E-state index in [4.69, 9.17) is 0 Å². The summed E-state index contributed by atoms with van der Waals surface area (Å²) in [5.74, 6) is 0. The van der Waals surface area contributed by atoms with Crippen LogP contribution in [-0.2, 0) is 6.42 Å². The molecule has 0 N–H and O–H groups in total. The zero-order valence-electron chi connectivity index (χ0n) is 9.86. The fourth-order valence-corrected chi connectivity index (χ4v) is 2.93. The molecule has 1 fully saturated rings. The Morgan fingerprint density at radius 1 is 0.812 bits per heavy atom. The number of anilines is 1. The Bertz CT molecular complexity index is 356. The summed E-state index contributed by atoms with van der Waals surface area (Å²) in [7, 11) is 0. The van der Waals surface area contributed by atoms with E-state index in [-0.39, 0.29) is 0 Å². The maximum absolute atomic E-state index is 2.56. The van der Waals surface area contributed by atoms with E-state index < -0.39 is 0 Å². The Balaban J connectivity index is 1.86. The fraction of sp³-hybridized carbons (Fsp3) is 0.571. The van der Waals surface area contributed by atoms with Crippen molar-refractivity contribution in [3.8, 4) is 0 Å². The summed E-state index contributed by atoms with van der Waals surface area (Å²) in [6.07, 6.45) is 6.68. The van der Waals surface area contributed by atoms with Crippen molar-refractivity contribution in [1.82, 2.24) is 5.01 Å². The third-order valence-corrected chi connectivity index (χ3v) is 3.76. The standard InChI is InChI=1S/C14H20N2/c1-4-10-15(11-5-1)16-12-6-8-13-7-2-3-9-14(13)16/h2-3,7,9H,1,4-6,8,10-12H2. The highest BCUT2D eigenvalue weighted by Gasteiger charge is 2.22. The van der Waals surface area contributed by atoms with Crippen LogP contribution in [0.15, 0.2) is 24.3 Å². The summed E-state index contributed by atoms with van der Waals surface area (Å²) >= 11 is 0. The van der Waals surface area contributed by atoms with Crippen LogP contribution in [0.3, 0.4) is 0 Å². The maximum Gasteiger partial charge on any atom is 0.0554 e. The molecule has 2 aliphatic rings. The number of hydrogen-bond donors (Lipinski definition) is 0. The second-order valence-electron chi connectivity index (χ2n) is 4.87. The molecule has 1 saturated heterocycles. The second kappa shape index (κ2) is 4.46. The molecule has 1 aromatic rings. The number of hydrogen-bond acceptors (Lipinski definition) is 2. The van der Waals surface area contributed by atoms with Crippen molar-refractivity contribution in [2.75, 3.05) is 24.6 Å². The Kier molecular flexibility index (Phi) is 2.83. The van der Waals surface area contributed by atoms with E-state index in [1.165, 1.54) is 63.0 Å². The van der Waals surface area contributed by atoms with Gasteiger partial charge in [-0.05, 0) is 37.3 Å². The van der Waals surface area contributed by atoms with Crippen LogP contribution in [0.4, 0.5) is 5.69 Å². The zero-order valence-corrected chi connectivity index (χ0v) is 9.86. The first-order valence-electron chi connectivity index (χ1n) is 6.55. The van der Waals surface area contributed by atoms with Gasteiger partial charge in [0, 0.05) is 19.6 Å². The van der Waals surface area contributed by atoms with Crippen molar-refractivity contribution in [2.45, 2.75) is 32.1 Å². The third-order valence-electron chi connectivity index (χ3n) is 3.76. The van der Waals surface area contributed by atoms with E-state index in [0.29, 0.717) is 0 Å². The average molecular weight is 216 g/mol. The Morgan fingerprint density at radius 2 is 1.62 bits per heavy atom. The lowest BCUT2D eigenvalue weighted by molar-refractivity contribution is 0.203. The molecule has 0 amide bonds. The predicted octanol–water partition coefficient (Wildman–Crippen LogP) is 2.84. The highest BCUT2D eigenvalue weighted by atomic mass is 15.6. The van der Waals surface area contributed by atoms with Gasteiger partial charge in [0.05, 0.1) is 5.69 Å². The molecule has 16 heavy (non-hydrogen) atoms. The lowest BCUT2D eigenvalue weighted by Crippen LogP contribution is -2.48. The molecular weight excluding hydrogens is 196 g/mol. The van der Waals surface area contributed by atoms with Crippen LogP contribution < -0.4 is 5.01 Å². The van der Waals surface area contributed by atoms with Crippen molar-refractivity contribution in [2.24, 2.45) is 0 Å². The summed E-state index contributed by atoms with van der Waals surface area (Å²) in [4.78, 5) is 0. The number of rotatable bonds is 1. The molecule has 2 heterocycles. The molecule has 0 radical (unpaired) electrons. The largest absolute Gasteiger partial charge is 0.306 e. The van der Waals surface area contributed by atoms with Crippen LogP contribution in [0.5, 0.6) is 0 Å². The van der Waals surface area contributed by atoms with Gasteiger partial charge in [-0.2, -0.15) is 0 Å². The van der Waals surface area contributed by atoms with Gasteiger partial charge in [-0.3, -0.25) is 0 Å². The van der Waals surface area contributed by atoms with Crippen molar-refractivity contribution < 1.29 is 0 Å². The van der Waals surface area contributed by atoms with Crippen molar-refractivity contribution >= 4 is 5.69 Å². The molecule has 0 spiro atoms. The molecule has 0 bridgehead atoms. The number of benzene rings is 1. The summed E-state index contributed by atoms with van der Waals surface area (Å²) in [5, 5.41) is 5.08. The van der Waals surface area contributed by atoms with Gasteiger partial charge in [0.2, 0.25) is 0 Å². The molecule has 2 aliphatic heterocycles. The van der Waals surface area contributed by atoms with E-state index in [1.54, 1.807) is 0 Å². The molecular formula is C14H20N2. The number of fused-ring (bicyclic) bond motifs is 1. The lowest BCUT2D eigenvalue weighted by Gasteiger charge is -2.42. The van der Waals surface area contributed by atoms with Crippen molar-refractivity contribution in [3.63, 3.8) is 0 Å². The average Bonchev–Trinajstić information content (AvgIpc) is 2.39. The lowest BCUT2D eigenvalue weighted by atomic mass is 10.0. The normalized spacial score (nSPS) is 21.9. The molecule has 3 rings (SSSR count). The van der Waals surface area contributed by atoms with E-state index in [9.17, 15) is 0 Å². The summed E-state index contributed by atoms with van der Waals surface area (Å²) in [5.41, 5.74) is 2.98. The van der Waals surface area contributed by atoms with Gasteiger partial charge < -0.3 is 5.01 Å². The minimum Gasteiger partial charge on any atom is -0.306 e. The summed E-state index contributed by atoms with van der Waals surface area (Å²) in [6.45, 7) is 3.69. The van der Waals surface area contributed by atoms with Gasteiger partial charge in [-0.1, -0.05) is 24.6 Å². The molecule has 2 heteroatoms. The van der Waals surface area contributed by atoms with E-state index in [1.807, 2.05) is 0 Å². The molecule has 0 unspecified atom stereocenters. The van der Waals surface area contributed by atoms with Crippen LogP contribution in [0.1, 0.15) is 31.2 Å². The molecule has 0 atom stereocenters. The Hall–Kier alpha value is -1.02. The topological polar surface area (TPSA) is 6.48 Å². The number of aryl methyl sites for hydroxylation is 1. The fourth-order valence-electron chi connectivity index (χ4n) is 2.93. The highest BCUT2D eigenvalue weighted by molar-refractivity contribution is 5.54. The van der Waals surface area contributed by atoms with Gasteiger partial charge in [-0.15, -0.1) is 0 Å². The quantitative estimate of drug-likeness (QED) is 0.712. The smallest absolute Gasteiger partial charge is 0.0554 e. The van der Waals surface area contributed by atoms with Gasteiger partial charge in [0.15, 0.2) is 0 Å². The van der Waals surface area contributed by atoms with Crippen molar-refractivity contribution in [1.29, 1.82) is 0 Å². The first-order chi connectivity index (χ1) is 7.95. The van der Waals surface area contributed by atoms with E-state index in [0.717, 1.165) is 0 Å². The molecule has 2 nitrogen and oxygen atoms in total. The third kappa shape index (κ3) is 1.82. The number of hydrazine groups is 1. The van der Waals surface area contributed by atoms with Gasteiger partial charge >= 0.3 is 0 Å². The molecule has 0 aromatic heterocycles. The second-order valence-corrected chi connectivity index (χ2v) is 4.87. The minimum absolute atomic E-state index is 1.21. The molecule has 86 valence electrons. The van der Waals surface area contributed by atoms with Crippen LogP contribution >= 0.6 is 0 Å². The number of para-hydroxylation sites is 1. The Labute approximate surface area is 97.8 Å². The summed E-state index contributed by atoms with van der Waals surface area (Å²) < 4.78 is 0. The van der Waals surface area contributed by atoms with E-state index in [2.05, 4.69) is 34.3 Å². The SMILES string of the molecule is c1ccc2c(c1)CCCN2N1CCCCC1. The van der Waals surface area contributed by atoms with Gasteiger partial charge in [-0.25, -0.2) is 5.01 Å². The van der Waals surface area contributed by atoms with Crippen molar-refractivity contribution in [3.05, 3.63) is 29.8 Å². The first-order valence-corrected chi connectivity index (χ1v) is 6.55. The Morgan fingerprint density at radius 3 is 2.50 bits per heavy atom. The zero-order chi connectivity index (χ0) is 10.8. The number of piperidine rings is 1. The van der Waals surface area contributed by atoms with Crippen LogP contribution in [0, 0.1) is 0 Å². The highest BCUT2D eigenvalue weighted by Crippen LogP contribution is 2.29. The first kappa shape index (κ1) is 10.2. The number of nitrogens with zero attached hydrogens (tertiary/aromatic N) is 2. The molecule has 0 aliphatic carbocycles. The summed E-state index contributed by atoms with van der Waals surface area (Å²) in [6, 6.07) is 8.90. The predicted molar refractivity (Wildman–Crippen MR) is 67.5 cm³/mol.